The molecule has 0 radical (unpaired) electrons. The van der Waals surface area contributed by atoms with E-state index in [2.05, 4.69) is 31.9 Å². The molecule has 0 aromatic carbocycles. The van der Waals surface area contributed by atoms with Gasteiger partial charge in [-0.05, 0) is 31.9 Å². The zero-order valence-corrected chi connectivity index (χ0v) is 17.1. The molecule has 0 aliphatic carbocycles. The smallest absolute Gasteiger partial charge is 0.303 e. The molecule has 0 saturated carbocycles. The first kappa shape index (κ1) is 21.8. The number of hydrogen-bond donors (Lipinski definition) is 0. The summed E-state index contributed by atoms with van der Waals surface area (Å²) < 4.78 is 24.7. The number of ether oxygens (including phenoxy) is 5. The minimum absolute atomic E-state index is 0.281. The highest BCUT2D eigenvalue weighted by atomic mass is 79.9. The Hall–Kier alpha value is -1.20. The quantitative estimate of drug-likeness (QED) is 0.319. The van der Waals surface area contributed by atoms with Gasteiger partial charge in [0.2, 0.25) is 3.42 Å². The lowest BCUT2D eigenvalue weighted by Gasteiger charge is -2.46. The van der Waals surface area contributed by atoms with Crippen LogP contribution in [0.2, 0.25) is 0 Å². The van der Waals surface area contributed by atoms with Crippen molar-refractivity contribution in [2.45, 2.75) is 55.5 Å². The van der Waals surface area contributed by atoms with E-state index < -0.39 is 51.7 Å². The second-order valence-corrected chi connectivity index (χ2v) is 8.62. The SMILES string of the molecule is CC(=O)OC[C@H]1OC(Br)(Br)[C@H](OC(C)=O)[C@@H](OC(C)=O)[C@@H]1OC(C)=O. The number of esters is 4. The highest BCUT2D eigenvalue weighted by molar-refractivity contribution is 9.25. The minimum Gasteiger partial charge on any atom is -0.463 e. The van der Waals surface area contributed by atoms with E-state index in [4.69, 9.17) is 23.7 Å². The first-order chi connectivity index (χ1) is 11.4. The van der Waals surface area contributed by atoms with Crippen molar-refractivity contribution in [1.29, 1.82) is 0 Å². The van der Waals surface area contributed by atoms with Crippen LogP contribution in [0.15, 0.2) is 0 Å². The molecular weight excluding hydrogens is 472 g/mol. The zero-order chi connectivity index (χ0) is 19.4. The van der Waals surface area contributed by atoms with E-state index in [-0.39, 0.29) is 6.61 Å². The molecule has 0 aromatic rings. The highest BCUT2D eigenvalue weighted by Gasteiger charge is 2.58. The molecule has 25 heavy (non-hydrogen) atoms. The first-order valence-corrected chi connectivity index (χ1v) is 8.73. The third-order valence-electron chi connectivity index (χ3n) is 2.98. The van der Waals surface area contributed by atoms with Crippen molar-refractivity contribution in [1.82, 2.24) is 0 Å². The maximum atomic E-state index is 11.5. The normalized spacial score (nSPS) is 27.8. The van der Waals surface area contributed by atoms with Gasteiger partial charge in [-0.1, -0.05) is 0 Å². The Morgan fingerprint density at radius 2 is 1.32 bits per heavy atom. The fourth-order valence-electron chi connectivity index (χ4n) is 2.21. The lowest BCUT2D eigenvalue weighted by Crippen LogP contribution is -2.64. The standard InChI is InChI=1S/C14H18Br2O9/c1-6(17)21-5-10-11(22-7(2)18)12(23-8(3)19)13(24-9(4)20)14(15,16)25-10/h10-13H,5H2,1-4H3/t10-,11-,12+,13-/m1/s1. The summed E-state index contributed by atoms with van der Waals surface area (Å²) in [4.78, 5) is 45.5. The molecule has 1 saturated heterocycles. The Kier molecular flexibility index (Phi) is 7.82. The topological polar surface area (TPSA) is 114 Å². The van der Waals surface area contributed by atoms with Gasteiger partial charge in [-0.2, -0.15) is 0 Å². The Labute approximate surface area is 160 Å². The van der Waals surface area contributed by atoms with Crippen LogP contribution in [0.1, 0.15) is 27.7 Å². The van der Waals surface area contributed by atoms with Gasteiger partial charge in [0, 0.05) is 27.7 Å². The number of alkyl halides is 2. The first-order valence-electron chi connectivity index (χ1n) is 7.14. The van der Waals surface area contributed by atoms with E-state index in [1.165, 1.54) is 6.92 Å². The molecule has 0 aromatic heterocycles. The largest absolute Gasteiger partial charge is 0.463 e. The van der Waals surface area contributed by atoms with Gasteiger partial charge in [0.15, 0.2) is 18.3 Å². The predicted molar refractivity (Wildman–Crippen MR) is 88.8 cm³/mol. The maximum Gasteiger partial charge on any atom is 0.303 e. The molecule has 1 aliphatic heterocycles. The summed E-state index contributed by atoms with van der Waals surface area (Å²) in [5, 5.41) is 0. The van der Waals surface area contributed by atoms with Crippen LogP contribution < -0.4 is 0 Å². The van der Waals surface area contributed by atoms with Crippen molar-refractivity contribution in [3.63, 3.8) is 0 Å². The van der Waals surface area contributed by atoms with Crippen molar-refractivity contribution >= 4 is 55.7 Å². The van der Waals surface area contributed by atoms with Crippen LogP contribution in [0.25, 0.3) is 0 Å². The van der Waals surface area contributed by atoms with Crippen LogP contribution in [0, 0.1) is 0 Å². The van der Waals surface area contributed by atoms with E-state index in [9.17, 15) is 19.2 Å². The molecule has 1 fully saturated rings. The molecule has 1 rings (SSSR count). The monoisotopic (exact) mass is 488 g/mol. The van der Waals surface area contributed by atoms with Crippen molar-refractivity contribution in [3.05, 3.63) is 0 Å². The number of rotatable bonds is 5. The Morgan fingerprint density at radius 1 is 0.840 bits per heavy atom. The molecule has 11 heteroatoms. The van der Waals surface area contributed by atoms with Crippen molar-refractivity contribution in [3.8, 4) is 0 Å². The van der Waals surface area contributed by atoms with E-state index in [1.54, 1.807) is 0 Å². The molecule has 0 amide bonds. The molecule has 0 N–H and O–H groups in total. The molecule has 0 spiro atoms. The summed E-state index contributed by atoms with van der Waals surface area (Å²) in [5.74, 6) is -2.62. The van der Waals surface area contributed by atoms with E-state index >= 15 is 0 Å². The van der Waals surface area contributed by atoms with Gasteiger partial charge >= 0.3 is 23.9 Å². The van der Waals surface area contributed by atoms with Gasteiger partial charge in [0.05, 0.1) is 0 Å². The molecular formula is C14H18Br2O9. The third kappa shape index (κ3) is 6.55. The molecule has 0 bridgehead atoms. The zero-order valence-electron chi connectivity index (χ0n) is 13.9. The Morgan fingerprint density at radius 3 is 1.76 bits per heavy atom. The van der Waals surface area contributed by atoms with Gasteiger partial charge in [0.25, 0.3) is 0 Å². The summed E-state index contributed by atoms with van der Waals surface area (Å²) >= 11 is 6.41. The number of carbonyl (C=O) groups excluding carboxylic acids is 4. The van der Waals surface area contributed by atoms with Gasteiger partial charge in [-0.15, -0.1) is 0 Å². The predicted octanol–water partition coefficient (Wildman–Crippen LogP) is 1.19. The average Bonchev–Trinajstić information content (AvgIpc) is 2.42. The Balaban J connectivity index is 3.24. The molecule has 4 atom stereocenters. The average molecular weight is 490 g/mol. The molecule has 142 valence electrons. The number of halogens is 2. The van der Waals surface area contributed by atoms with E-state index in [0.29, 0.717) is 0 Å². The second-order valence-electron chi connectivity index (χ2n) is 5.20. The van der Waals surface area contributed by atoms with Crippen LogP contribution in [0.5, 0.6) is 0 Å². The third-order valence-corrected chi connectivity index (χ3v) is 4.25. The molecule has 9 nitrogen and oxygen atoms in total. The van der Waals surface area contributed by atoms with Gasteiger partial charge in [-0.3, -0.25) is 19.2 Å². The molecule has 0 unspecified atom stereocenters. The fraction of sp³-hybridized carbons (Fsp3) is 0.714. The summed E-state index contributed by atoms with van der Waals surface area (Å²) in [6, 6.07) is 0. The van der Waals surface area contributed by atoms with Crippen LogP contribution >= 0.6 is 31.9 Å². The van der Waals surface area contributed by atoms with Crippen LogP contribution in [-0.2, 0) is 42.9 Å². The number of carbonyl (C=O) groups is 4. The van der Waals surface area contributed by atoms with E-state index in [1.807, 2.05) is 0 Å². The molecule has 1 aliphatic rings. The summed E-state index contributed by atoms with van der Waals surface area (Å²) in [6.07, 6.45) is -4.57. The summed E-state index contributed by atoms with van der Waals surface area (Å²) in [6.45, 7) is 4.38. The minimum atomic E-state index is -1.47. The maximum absolute atomic E-state index is 11.5. The lowest BCUT2D eigenvalue weighted by atomic mass is 9.99. The van der Waals surface area contributed by atoms with Crippen molar-refractivity contribution in [2.75, 3.05) is 6.61 Å². The molecule has 1 heterocycles. The summed E-state index contributed by atoms with van der Waals surface area (Å²) in [7, 11) is 0. The van der Waals surface area contributed by atoms with E-state index in [0.717, 1.165) is 20.8 Å². The van der Waals surface area contributed by atoms with Crippen molar-refractivity contribution in [2.24, 2.45) is 0 Å². The summed E-state index contributed by atoms with van der Waals surface area (Å²) in [5.41, 5.74) is 0. The van der Waals surface area contributed by atoms with Crippen LogP contribution in [-0.4, -0.2) is 58.3 Å². The van der Waals surface area contributed by atoms with Crippen LogP contribution in [0.4, 0.5) is 0 Å². The van der Waals surface area contributed by atoms with Gasteiger partial charge in [-0.25, -0.2) is 0 Å². The van der Waals surface area contributed by atoms with Crippen molar-refractivity contribution < 1.29 is 42.9 Å². The fourth-order valence-corrected chi connectivity index (χ4v) is 3.40. The lowest BCUT2D eigenvalue weighted by molar-refractivity contribution is -0.241. The van der Waals surface area contributed by atoms with Gasteiger partial charge in [0.1, 0.15) is 12.7 Å². The van der Waals surface area contributed by atoms with Gasteiger partial charge < -0.3 is 23.7 Å². The second kappa shape index (κ2) is 8.95. The van der Waals surface area contributed by atoms with Crippen LogP contribution in [0.3, 0.4) is 0 Å². The highest BCUT2D eigenvalue weighted by Crippen LogP contribution is 2.44. The Bertz CT molecular complexity index is 548. The number of hydrogen-bond acceptors (Lipinski definition) is 9.